The summed E-state index contributed by atoms with van der Waals surface area (Å²) in [5.74, 6) is 0.786. The van der Waals surface area contributed by atoms with E-state index < -0.39 is 6.04 Å². The summed E-state index contributed by atoms with van der Waals surface area (Å²) in [6.07, 6.45) is 2.57. The standard InChI is InChI=1S/C56H56N3O.Pt/c1-11-56(9,10)42-25-26-49(46(34-42)38-21-16-13-17-22-38)59-50-24-18-23-45(51(50)58-53(59)47-35-43(54(3,4)5)29-36(2)52(47)60)40-30-41(32-44(31-40)55(6,7)8)48-33-39(27-28-57-48)37-19-14-12-15-20-37;/h12-29,31-35,60H,11H2,1-10H3;/q-1;/i12D,14D,15D,19D,20D;. The summed E-state index contributed by atoms with van der Waals surface area (Å²) in [5, 5.41) is 12.0. The number of para-hydroxylation sites is 1. The van der Waals surface area contributed by atoms with Crippen molar-refractivity contribution in [2.45, 2.75) is 91.9 Å². The zero-order valence-corrected chi connectivity index (χ0v) is 39.0. The van der Waals surface area contributed by atoms with Gasteiger partial charge in [-0.05, 0) is 93.3 Å². The van der Waals surface area contributed by atoms with Crippen LogP contribution < -0.4 is 0 Å². The van der Waals surface area contributed by atoms with Crippen molar-refractivity contribution in [1.29, 1.82) is 0 Å². The third kappa shape index (κ3) is 8.53. The smallest absolute Gasteiger partial charge is 0.148 e. The Morgan fingerprint density at radius 1 is 0.656 bits per heavy atom. The Hall–Kier alpha value is -5.57. The molecule has 0 spiro atoms. The van der Waals surface area contributed by atoms with Crippen LogP contribution in [-0.4, -0.2) is 19.6 Å². The number of fused-ring (bicyclic) bond motifs is 1. The van der Waals surface area contributed by atoms with Crippen molar-refractivity contribution < 1.29 is 33.0 Å². The maximum atomic E-state index is 12.0. The van der Waals surface area contributed by atoms with E-state index in [0.717, 1.165) is 62.1 Å². The molecule has 61 heavy (non-hydrogen) atoms. The van der Waals surface area contributed by atoms with Crippen LogP contribution in [0.25, 0.3) is 72.7 Å². The number of phenols is 1. The predicted molar refractivity (Wildman–Crippen MR) is 252 cm³/mol. The van der Waals surface area contributed by atoms with Crippen LogP contribution in [0.3, 0.4) is 0 Å². The first-order valence-electron chi connectivity index (χ1n) is 23.3. The molecule has 0 atom stereocenters. The molecule has 4 nitrogen and oxygen atoms in total. The van der Waals surface area contributed by atoms with E-state index >= 15 is 0 Å². The van der Waals surface area contributed by atoms with Crippen LogP contribution in [0, 0.1) is 13.0 Å². The Kier molecular flexibility index (Phi) is 10.2. The molecule has 0 aliphatic carbocycles. The zero-order valence-electron chi connectivity index (χ0n) is 41.7. The summed E-state index contributed by atoms with van der Waals surface area (Å²) in [4.78, 5) is 10.3. The first-order valence-corrected chi connectivity index (χ1v) is 20.8. The quantitative estimate of drug-likeness (QED) is 0.154. The number of rotatable bonds is 8. The van der Waals surface area contributed by atoms with E-state index in [1.807, 2.05) is 19.1 Å². The number of nitrogens with zero attached hydrogens (tertiary/aromatic N) is 3. The molecule has 0 aliphatic heterocycles. The Labute approximate surface area is 384 Å². The maximum Gasteiger partial charge on any atom is 0.148 e. The number of phenolic OH excluding ortho intramolecular Hbond substituents is 1. The molecule has 0 aliphatic rings. The molecule has 312 valence electrons. The van der Waals surface area contributed by atoms with Gasteiger partial charge in [0, 0.05) is 38.5 Å². The van der Waals surface area contributed by atoms with Crippen molar-refractivity contribution >= 4 is 11.0 Å². The van der Waals surface area contributed by atoms with E-state index in [9.17, 15) is 5.11 Å². The van der Waals surface area contributed by atoms with Gasteiger partial charge in [-0.15, -0.1) is 29.3 Å². The van der Waals surface area contributed by atoms with Crippen LogP contribution in [0.5, 0.6) is 5.75 Å². The Morgan fingerprint density at radius 2 is 1.33 bits per heavy atom. The number of aromatic hydroxyl groups is 1. The van der Waals surface area contributed by atoms with Gasteiger partial charge < -0.3 is 5.11 Å². The van der Waals surface area contributed by atoms with Gasteiger partial charge in [0.25, 0.3) is 0 Å². The molecule has 0 radical (unpaired) electrons. The molecule has 2 heterocycles. The summed E-state index contributed by atoms with van der Waals surface area (Å²) in [6, 6.07) is 37.1. The molecule has 2 aromatic heterocycles. The second kappa shape index (κ2) is 16.7. The Morgan fingerprint density at radius 3 is 2.02 bits per heavy atom. The van der Waals surface area contributed by atoms with Crippen LogP contribution in [-0.2, 0) is 37.3 Å². The van der Waals surface area contributed by atoms with E-state index in [1.165, 1.54) is 5.56 Å². The van der Waals surface area contributed by atoms with Crippen molar-refractivity contribution in [1.82, 2.24) is 14.5 Å². The first-order chi connectivity index (χ1) is 30.6. The van der Waals surface area contributed by atoms with Gasteiger partial charge in [0.2, 0.25) is 0 Å². The van der Waals surface area contributed by atoms with Crippen LogP contribution in [0.2, 0.25) is 0 Å². The minimum Gasteiger partial charge on any atom is -0.507 e. The number of hydrogen-bond acceptors (Lipinski definition) is 3. The van der Waals surface area contributed by atoms with E-state index in [4.69, 9.17) is 16.8 Å². The fourth-order valence-electron chi connectivity index (χ4n) is 7.74. The fraction of sp³-hybridized carbons (Fsp3) is 0.250. The summed E-state index contributed by atoms with van der Waals surface area (Å²) >= 11 is 0. The fourth-order valence-corrected chi connectivity index (χ4v) is 7.74. The normalized spacial score (nSPS) is 13.2. The number of aryl methyl sites for hydroxylation is 1. The number of benzene rings is 6. The molecule has 0 saturated carbocycles. The average molecular weight is 987 g/mol. The van der Waals surface area contributed by atoms with Gasteiger partial charge in [-0.2, -0.15) is 0 Å². The minimum atomic E-state index is -0.436. The van der Waals surface area contributed by atoms with Gasteiger partial charge in [0.1, 0.15) is 11.6 Å². The summed E-state index contributed by atoms with van der Waals surface area (Å²) in [6.45, 7) is 21.7. The van der Waals surface area contributed by atoms with Gasteiger partial charge in [-0.1, -0.05) is 164 Å². The van der Waals surface area contributed by atoms with Crippen molar-refractivity contribution in [3.63, 3.8) is 0 Å². The van der Waals surface area contributed by atoms with Crippen LogP contribution >= 0.6 is 0 Å². The summed E-state index contributed by atoms with van der Waals surface area (Å²) < 4.78 is 44.3. The molecule has 0 fully saturated rings. The third-order valence-electron chi connectivity index (χ3n) is 11.9. The summed E-state index contributed by atoms with van der Waals surface area (Å²) in [7, 11) is 0. The van der Waals surface area contributed by atoms with E-state index in [0.29, 0.717) is 28.2 Å². The van der Waals surface area contributed by atoms with Crippen LogP contribution in [0.1, 0.15) is 97.8 Å². The Bertz CT molecular complexity index is 3130. The maximum absolute atomic E-state index is 12.0. The topological polar surface area (TPSA) is 50.9 Å². The second-order valence-corrected chi connectivity index (χ2v) is 18.6. The van der Waals surface area contributed by atoms with Gasteiger partial charge in [-0.25, -0.2) is 4.98 Å². The minimum absolute atomic E-state index is 0. The molecule has 1 N–H and O–H groups in total. The van der Waals surface area contributed by atoms with E-state index in [-0.39, 0.29) is 72.8 Å². The molecular formula is C56H56N3OPt-. The molecule has 6 aromatic carbocycles. The van der Waals surface area contributed by atoms with Crippen molar-refractivity contribution in [2.75, 3.05) is 0 Å². The average Bonchev–Trinajstić information content (AvgIpc) is 3.67. The summed E-state index contributed by atoms with van der Waals surface area (Å²) in [5.41, 5.74) is 12.2. The molecule has 5 heteroatoms. The van der Waals surface area contributed by atoms with Gasteiger partial charge in [-0.3, -0.25) is 9.55 Å². The van der Waals surface area contributed by atoms with Crippen molar-refractivity contribution in [2.24, 2.45) is 0 Å². The van der Waals surface area contributed by atoms with E-state index in [1.54, 1.807) is 18.3 Å². The molecule has 0 saturated heterocycles. The molecule has 0 amide bonds. The first kappa shape index (κ1) is 37.2. The van der Waals surface area contributed by atoms with Crippen LogP contribution in [0.15, 0.2) is 140 Å². The number of imidazole rings is 1. The van der Waals surface area contributed by atoms with Crippen LogP contribution in [0.4, 0.5) is 0 Å². The molecule has 8 aromatic rings. The molecule has 0 unspecified atom stereocenters. The largest absolute Gasteiger partial charge is 0.507 e. The van der Waals surface area contributed by atoms with Gasteiger partial charge >= 0.3 is 0 Å². The number of aromatic nitrogens is 3. The van der Waals surface area contributed by atoms with E-state index in [2.05, 4.69) is 152 Å². The molecule has 8 rings (SSSR count). The SMILES string of the molecule is [2H]c1c([2H])c([2H])c(-c2ccnc(-c3[c-]c(-c4cccc5c4nc(-c4cc(C(C)(C)C)cc(C)c4O)n5-c4ccc(C(C)(C)CC)cc4-c4ccccc4)cc(C(C)(C)C)c3)c2)c([2H])c1[2H].[Pt]. The third-order valence-corrected chi connectivity index (χ3v) is 11.9. The Balaban J connectivity index is 0.00000648. The monoisotopic (exact) mass is 986 g/mol. The van der Waals surface area contributed by atoms with Crippen molar-refractivity contribution in [3.05, 3.63) is 168 Å². The number of pyridine rings is 1. The molecule has 0 bridgehead atoms. The second-order valence-electron chi connectivity index (χ2n) is 18.6. The predicted octanol–water partition coefficient (Wildman–Crippen LogP) is 14.8. The van der Waals surface area contributed by atoms with Gasteiger partial charge in [0.05, 0.1) is 29.1 Å². The zero-order chi connectivity index (χ0) is 46.9. The van der Waals surface area contributed by atoms with Crippen molar-refractivity contribution in [3.8, 4) is 67.5 Å². The molecular weight excluding hydrogens is 926 g/mol. The van der Waals surface area contributed by atoms with Gasteiger partial charge in [0.15, 0.2) is 0 Å². The number of hydrogen-bond donors (Lipinski definition) is 1.